The fourth-order valence-corrected chi connectivity index (χ4v) is 6.39. The molecule has 0 bridgehead atoms. The Hall–Kier alpha value is -3.84. The van der Waals surface area contributed by atoms with Crippen molar-refractivity contribution < 1.29 is 0 Å². The van der Waals surface area contributed by atoms with Crippen LogP contribution in [0.25, 0.3) is 11.1 Å². The molecule has 33 heavy (non-hydrogen) atoms. The molecule has 1 aliphatic heterocycles. The number of anilines is 2. The molecule has 0 saturated carbocycles. The first kappa shape index (κ1) is 18.7. The van der Waals surface area contributed by atoms with E-state index in [9.17, 15) is 0 Å². The zero-order valence-electron chi connectivity index (χ0n) is 18.6. The minimum atomic E-state index is -0.216. The molecule has 0 radical (unpaired) electrons. The normalized spacial score (nSPS) is 23.7. The zero-order valence-corrected chi connectivity index (χ0v) is 18.6. The van der Waals surface area contributed by atoms with E-state index >= 15 is 0 Å². The Balaban J connectivity index is 1.59. The van der Waals surface area contributed by atoms with Gasteiger partial charge in [-0.1, -0.05) is 109 Å². The Kier molecular flexibility index (Phi) is 3.87. The molecule has 158 valence electrons. The van der Waals surface area contributed by atoms with Crippen molar-refractivity contribution in [2.24, 2.45) is 0 Å². The quantitative estimate of drug-likeness (QED) is 0.318. The molecule has 0 saturated heterocycles. The van der Waals surface area contributed by atoms with E-state index in [-0.39, 0.29) is 5.41 Å². The molecule has 1 heteroatoms. The van der Waals surface area contributed by atoms with Crippen LogP contribution in [0.5, 0.6) is 0 Å². The van der Waals surface area contributed by atoms with Gasteiger partial charge in [0.15, 0.2) is 0 Å². The van der Waals surface area contributed by atoms with Crippen LogP contribution in [-0.4, -0.2) is 6.04 Å². The number of para-hydroxylation sites is 1. The minimum Gasteiger partial charge on any atom is -0.333 e. The summed E-state index contributed by atoms with van der Waals surface area (Å²) in [4.78, 5) is 2.59. The highest BCUT2D eigenvalue weighted by molar-refractivity contribution is 5.93. The third-order valence-electron chi connectivity index (χ3n) is 7.85. The molecular formula is C32H25N. The second-order valence-electron chi connectivity index (χ2n) is 9.45. The van der Waals surface area contributed by atoms with Gasteiger partial charge in [0.1, 0.15) is 0 Å². The second-order valence-corrected chi connectivity index (χ2v) is 9.45. The Morgan fingerprint density at radius 1 is 0.667 bits per heavy atom. The fraction of sp³-hybridized carbons (Fsp3) is 0.125. The molecule has 3 aliphatic rings. The van der Waals surface area contributed by atoms with Crippen LogP contribution in [0, 0.1) is 0 Å². The predicted octanol–water partition coefficient (Wildman–Crippen LogP) is 7.75. The van der Waals surface area contributed by atoms with E-state index in [0.717, 1.165) is 0 Å². The van der Waals surface area contributed by atoms with Gasteiger partial charge in [0, 0.05) is 17.0 Å². The molecule has 4 aromatic carbocycles. The van der Waals surface area contributed by atoms with E-state index in [1.807, 2.05) is 0 Å². The highest BCUT2D eigenvalue weighted by atomic mass is 15.2. The molecule has 1 nitrogen and oxygen atoms in total. The average Bonchev–Trinajstić information content (AvgIpc) is 3.36. The maximum atomic E-state index is 2.59. The summed E-state index contributed by atoms with van der Waals surface area (Å²) in [6.07, 6.45) is 9.15. The highest BCUT2D eigenvalue weighted by Crippen LogP contribution is 2.60. The third kappa shape index (κ3) is 2.42. The molecule has 3 atom stereocenters. The van der Waals surface area contributed by atoms with Gasteiger partial charge in [-0.05, 0) is 52.4 Å². The molecule has 1 heterocycles. The maximum Gasteiger partial charge on any atom is 0.0629 e. The molecule has 2 aliphatic carbocycles. The molecule has 0 aromatic heterocycles. The largest absolute Gasteiger partial charge is 0.333 e. The van der Waals surface area contributed by atoms with E-state index in [2.05, 4.69) is 133 Å². The van der Waals surface area contributed by atoms with E-state index in [1.54, 1.807) is 0 Å². The minimum absolute atomic E-state index is 0.216. The summed E-state index contributed by atoms with van der Waals surface area (Å²) in [5.41, 5.74) is 10.8. The van der Waals surface area contributed by atoms with Gasteiger partial charge in [0.2, 0.25) is 0 Å². The van der Waals surface area contributed by atoms with Crippen molar-refractivity contribution in [2.75, 3.05) is 4.90 Å². The average molecular weight is 424 g/mol. The smallest absolute Gasteiger partial charge is 0.0629 e. The standard InChI is InChI=1S/C32H25N/c1-32(22-12-4-2-5-13-22)28-18-10-8-16-24(28)26-20-21-27-25-17-9-11-19-29(25)33(31(27)30(26)32)23-14-6-3-7-15-23/h2-21,25,29H,1H3. The molecule has 4 aromatic rings. The zero-order chi connectivity index (χ0) is 22.0. The number of hydrogen-bond donors (Lipinski definition) is 0. The Morgan fingerprint density at radius 3 is 2.18 bits per heavy atom. The summed E-state index contributed by atoms with van der Waals surface area (Å²) < 4.78 is 0. The van der Waals surface area contributed by atoms with E-state index < -0.39 is 0 Å². The highest BCUT2D eigenvalue weighted by Gasteiger charge is 2.48. The summed E-state index contributed by atoms with van der Waals surface area (Å²) in [6, 6.07) is 36.0. The van der Waals surface area contributed by atoms with Crippen molar-refractivity contribution in [3.05, 3.63) is 144 Å². The van der Waals surface area contributed by atoms with Gasteiger partial charge in [-0.3, -0.25) is 0 Å². The molecule has 0 N–H and O–H groups in total. The number of fused-ring (bicyclic) bond motifs is 7. The van der Waals surface area contributed by atoms with Gasteiger partial charge in [0.25, 0.3) is 0 Å². The van der Waals surface area contributed by atoms with Crippen molar-refractivity contribution in [1.82, 2.24) is 0 Å². The van der Waals surface area contributed by atoms with E-state index in [0.29, 0.717) is 12.0 Å². The molecule has 0 amide bonds. The van der Waals surface area contributed by atoms with E-state index in [1.165, 1.54) is 44.8 Å². The second kappa shape index (κ2) is 6.83. The molecular weight excluding hydrogens is 398 g/mol. The lowest BCUT2D eigenvalue weighted by Crippen LogP contribution is -2.31. The summed E-state index contributed by atoms with van der Waals surface area (Å²) >= 11 is 0. The van der Waals surface area contributed by atoms with E-state index in [4.69, 9.17) is 0 Å². The van der Waals surface area contributed by atoms with Crippen LogP contribution in [0.1, 0.15) is 35.1 Å². The first-order chi connectivity index (χ1) is 16.3. The van der Waals surface area contributed by atoms with Crippen molar-refractivity contribution in [2.45, 2.75) is 24.3 Å². The number of allylic oxidation sites excluding steroid dienone is 2. The molecule has 0 spiro atoms. The lowest BCUT2D eigenvalue weighted by molar-refractivity contribution is 0.708. The van der Waals surface area contributed by atoms with Gasteiger partial charge in [-0.25, -0.2) is 0 Å². The van der Waals surface area contributed by atoms with Crippen molar-refractivity contribution in [3.8, 4) is 11.1 Å². The van der Waals surface area contributed by atoms with Gasteiger partial charge in [0.05, 0.1) is 11.7 Å². The van der Waals surface area contributed by atoms with Crippen LogP contribution >= 0.6 is 0 Å². The van der Waals surface area contributed by atoms with Crippen LogP contribution in [0.2, 0.25) is 0 Å². The molecule has 3 unspecified atom stereocenters. The van der Waals surface area contributed by atoms with Crippen molar-refractivity contribution in [1.29, 1.82) is 0 Å². The number of hydrogen-bond acceptors (Lipinski definition) is 1. The van der Waals surface area contributed by atoms with Crippen molar-refractivity contribution in [3.63, 3.8) is 0 Å². The summed E-state index contributed by atoms with van der Waals surface area (Å²) in [6.45, 7) is 2.42. The fourth-order valence-electron chi connectivity index (χ4n) is 6.39. The Labute approximate surface area is 195 Å². The Morgan fingerprint density at radius 2 is 1.36 bits per heavy atom. The number of rotatable bonds is 2. The van der Waals surface area contributed by atoms with Gasteiger partial charge in [-0.15, -0.1) is 0 Å². The predicted molar refractivity (Wildman–Crippen MR) is 137 cm³/mol. The van der Waals surface area contributed by atoms with Gasteiger partial charge >= 0.3 is 0 Å². The maximum absolute atomic E-state index is 2.59. The number of benzene rings is 4. The first-order valence-corrected chi connectivity index (χ1v) is 11.8. The van der Waals surface area contributed by atoms with Crippen LogP contribution in [0.3, 0.4) is 0 Å². The van der Waals surface area contributed by atoms with Crippen LogP contribution in [0.15, 0.2) is 121 Å². The summed E-state index contributed by atoms with van der Waals surface area (Å²) in [7, 11) is 0. The van der Waals surface area contributed by atoms with Gasteiger partial charge in [-0.2, -0.15) is 0 Å². The summed E-state index contributed by atoms with van der Waals surface area (Å²) in [5, 5.41) is 0. The summed E-state index contributed by atoms with van der Waals surface area (Å²) in [5.74, 6) is 0.360. The monoisotopic (exact) mass is 423 g/mol. The molecule has 7 rings (SSSR count). The van der Waals surface area contributed by atoms with Crippen molar-refractivity contribution >= 4 is 11.4 Å². The third-order valence-corrected chi connectivity index (χ3v) is 7.85. The van der Waals surface area contributed by atoms with Gasteiger partial charge < -0.3 is 4.90 Å². The lowest BCUT2D eigenvalue weighted by Gasteiger charge is -2.34. The Bertz CT molecular complexity index is 1430. The topological polar surface area (TPSA) is 3.24 Å². The first-order valence-electron chi connectivity index (χ1n) is 11.8. The van der Waals surface area contributed by atoms with Crippen LogP contribution in [-0.2, 0) is 5.41 Å². The number of nitrogens with zero attached hydrogens (tertiary/aromatic N) is 1. The lowest BCUT2D eigenvalue weighted by atomic mass is 9.73. The van der Waals surface area contributed by atoms with Crippen LogP contribution < -0.4 is 4.90 Å². The molecule has 0 fully saturated rings. The van der Waals surface area contributed by atoms with Crippen LogP contribution in [0.4, 0.5) is 11.4 Å². The SMILES string of the molecule is CC1(c2ccccc2)c2ccccc2-c2ccc3c(c21)N(c1ccccc1)C1C=CC=CC31.